The smallest absolute Gasteiger partial charge is 0.243 e. The van der Waals surface area contributed by atoms with E-state index >= 15 is 0 Å². The normalized spacial score (nSPS) is 19.7. The second-order valence-electron chi connectivity index (χ2n) is 8.02. The number of hydrogen-bond acceptors (Lipinski definition) is 3. The van der Waals surface area contributed by atoms with Crippen LogP contribution in [0.1, 0.15) is 50.7 Å². The van der Waals surface area contributed by atoms with E-state index in [1.807, 2.05) is 30.9 Å². The van der Waals surface area contributed by atoms with Crippen LogP contribution in [0.25, 0.3) is 0 Å². The summed E-state index contributed by atoms with van der Waals surface area (Å²) in [6, 6.07) is 6.06. The summed E-state index contributed by atoms with van der Waals surface area (Å²) in [7, 11) is -3.49. The standard InChI is InChI=1S/C20H30N2O3S/c1-14(2)22(18-6-7-18)20(23)17-9-11-21(12-10-17)26(24,25)19-8-5-15(3)13-16(19)4/h5,8,13-14,17-18H,6-7,9-12H2,1-4H3. The van der Waals surface area contributed by atoms with Gasteiger partial charge < -0.3 is 4.90 Å². The van der Waals surface area contributed by atoms with Crippen molar-refractivity contribution in [1.82, 2.24) is 9.21 Å². The van der Waals surface area contributed by atoms with Gasteiger partial charge in [-0.1, -0.05) is 17.7 Å². The summed E-state index contributed by atoms with van der Waals surface area (Å²) in [5.41, 5.74) is 1.84. The number of piperidine rings is 1. The van der Waals surface area contributed by atoms with Gasteiger partial charge in [0.25, 0.3) is 0 Å². The Bertz CT molecular complexity index is 774. The van der Waals surface area contributed by atoms with Crippen molar-refractivity contribution >= 4 is 15.9 Å². The Balaban J connectivity index is 1.68. The maximum Gasteiger partial charge on any atom is 0.243 e. The minimum atomic E-state index is -3.49. The van der Waals surface area contributed by atoms with Crippen LogP contribution >= 0.6 is 0 Å². The average Bonchev–Trinajstić information content (AvgIpc) is 3.39. The van der Waals surface area contributed by atoms with Gasteiger partial charge in [-0.2, -0.15) is 4.31 Å². The van der Waals surface area contributed by atoms with Crippen LogP contribution in [0.3, 0.4) is 0 Å². The van der Waals surface area contributed by atoms with Crippen LogP contribution in [0.5, 0.6) is 0 Å². The highest BCUT2D eigenvalue weighted by Gasteiger charge is 2.39. The third kappa shape index (κ3) is 3.81. The molecular formula is C20H30N2O3S. The maximum atomic E-state index is 13.0. The first-order valence-corrected chi connectivity index (χ1v) is 11.1. The zero-order valence-corrected chi connectivity index (χ0v) is 17.1. The number of sulfonamides is 1. The van der Waals surface area contributed by atoms with Gasteiger partial charge in [0, 0.05) is 31.1 Å². The van der Waals surface area contributed by atoms with Crippen LogP contribution < -0.4 is 0 Å². The van der Waals surface area contributed by atoms with Crippen molar-refractivity contribution in [2.24, 2.45) is 5.92 Å². The molecule has 0 aromatic heterocycles. The van der Waals surface area contributed by atoms with Gasteiger partial charge in [0.2, 0.25) is 15.9 Å². The third-order valence-corrected chi connectivity index (χ3v) is 7.56. The largest absolute Gasteiger partial charge is 0.337 e. The molecule has 144 valence electrons. The molecule has 0 spiro atoms. The highest BCUT2D eigenvalue weighted by molar-refractivity contribution is 7.89. The van der Waals surface area contributed by atoms with Gasteiger partial charge in [-0.05, 0) is 65.0 Å². The summed E-state index contributed by atoms with van der Waals surface area (Å²) in [5, 5.41) is 0. The molecular weight excluding hydrogens is 348 g/mol. The molecule has 1 aliphatic heterocycles. The molecule has 6 heteroatoms. The van der Waals surface area contributed by atoms with E-state index < -0.39 is 10.0 Å². The first kappa shape index (κ1) is 19.4. The van der Waals surface area contributed by atoms with E-state index in [0.717, 1.165) is 24.0 Å². The number of nitrogens with zero attached hydrogens (tertiary/aromatic N) is 2. The number of aryl methyl sites for hydroxylation is 2. The van der Waals surface area contributed by atoms with Gasteiger partial charge in [0.1, 0.15) is 0 Å². The quantitative estimate of drug-likeness (QED) is 0.791. The zero-order chi connectivity index (χ0) is 19.1. The molecule has 1 aromatic rings. The summed E-state index contributed by atoms with van der Waals surface area (Å²) < 4.78 is 27.5. The van der Waals surface area contributed by atoms with Crippen LogP contribution in [0.2, 0.25) is 0 Å². The number of carbonyl (C=O) groups is 1. The summed E-state index contributed by atoms with van der Waals surface area (Å²) in [6.45, 7) is 8.77. The van der Waals surface area contributed by atoms with Crippen molar-refractivity contribution in [3.05, 3.63) is 29.3 Å². The van der Waals surface area contributed by atoms with Gasteiger partial charge in [0.05, 0.1) is 4.90 Å². The Kier molecular flexibility index (Phi) is 5.45. The van der Waals surface area contributed by atoms with Crippen LogP contribution in [0, 0.1) is 19.8 Å². The van der Waals surface area contributed by atoms with E-state index in [-0.39, 0.29) is 17.9 Å². The number of benzene rings is 1. The molecule has 26 heavy (non-hydrogen) atoms. The van der Waals surface area contributed by atoms with Crippen LogP contribution in [0.15, 0.2) is 23.1 Å². The van der Waals surface area contributed by atoms with E-state index in [2.05, 4.69) is 13.8 Å². The lowest BCUT2D eigenvalue weighted by molar-refractivity contribution is -0.139. The molecule has 1 saturated heterocycles. The lowest BCUT2D eigenvalue weighted by atomic mass is 9.96. The Labute approximate surface area is 157 Å². The molecule has 1 saturated carbocycles. The molecule has 0 N–H and O–H groups in total. The number of rotatable bonds is 5. The SMILES string of the molecule is Cc1ccc(S(=O)(=O)N2CCC(C(=O)N(C(C)C)C3CC3)CC2)c(C)c1. The van der Waals surface area contributed by atoms with Gasteiger partial charge in [-0.15, -0.1) is 0 Å². The molecule has 3 rings (SSSR count). The second kappa shape index (κ2) is 7.31. The molecule has 5 nitrogen and oxygen atoms in total. The molecule has 0 unspecified atom stereocenters. The lowest BCUT2D eigenvalue weighted by Crippen LogP contribution is -2.47. The van der Waals surface area contributed by atoms with Crippen LogP contribution in [-0.4, -0.2) is 48.7 Å². The summed E-state index contributed by atoms with van der Waals surface area (Å²) in [5.74, 6) is 0.162. The van der Waals surface area contributed by atoms with Gasteiger partial charge in [-0.25, -0.2) is 8.42 Å². The molecule has 0 bridgehead atoms. The minimum Gasteiger partial charge on any atom is -0.337 e. The molecule has 1 amide bonds. The molecule has 2 fully saturated rings. The highest BCUT2D eigenvalue weighted by Crippen LogP contribution is 2.33. The fourth-order valence-electron chi connectivity index (χ4n) is 3.99. The van der Waals surface area contributed by atoms with E-state index in [1.54, 1.807) is 10.4 Å². The number of amides is 1. The average molecular weight is 379 g/mol. The fourth-order valence-corrected chi connectivity index (χ4v) is 5.67. The van der Waals surface area contributed by atoms with Crippen molar-refractivity contribution in [3.63, 3.8) is 0 Å². The third-order valence-electron chi connectivity index (χ3n) is 5.50. The summed E-state index contributed by atoms with van der Waals surface area (Å²) in [4.78, 5) is 15.3. The number of carbonyl (C=O) groups excluding carboxylic acids is 1. The topological polar surface area (TPSA) is 57.7 Å². The van der Waals surface area contributed by atoms with E-state index in [0.29, 0.717) is 36.9 Å². The fraction of sp³-hybridized carbons (Fsp3) is 0.650. The number of hydrogen-bond donors (Lipinski definition) is 0. The Morgan fingerprint density at radius 1 is 1.12 bits per heavy atom. The van der Waals surface area contributed by atoms with Crippen LogP contribution in [-0.2, 0) is 14.8 Å². The van der Waals surface area contributed by atoms with Gasteiger partial charge in [0.15, 0.2) is 0 Å². The molecule has 1 aliphatic carbocycles. The van der Waals surface area contributed by atoms with Crippen molar-refractivity contribution in [2.75, 3.05) is 13.1 Å². The summed E-state index contributed by atoms with van der Waals surface area (Å²) in [6.07, 6.45) is 3.42. The first-order valence-electron chi connectivity index (χ1n) is 9.61. The van der Waals surface area contributed by atoms with Crippen molar-refractivity contribution in [2.45, 2.75) is 70.4 Å². The predicted octanol–water partition coefficient (Wildman–Crippen LogP) is 3.10. The van der Waals surface area contributed by atoms with E-state index in [9.17, 15) is 13.2 Å². The Morgan fingerprint density at radius 3 is 2.23 bits per heavy atom. The van der Waals surface area contributed by atoms with Crippen molar-refractivity contribution in [3.8, 4) is 0 Å². The highest BCUT2D eigenvalue weighted by atomic mass is 32.2. The molecule has 1 aromatic carbocycles. The zero-order valence-electron chi connectivity index (χ0n) is 16.2. The van der Waals surface area contributed by atoms with Crippen LogP contribution in [0.4, 0.5) is 0 Å². The van der Waals surface area contributed by atoms with Crippen molar-refractivity contribution < 1.29 is 13.2 Å². The maximum absolute atomic E-state index is 13.0. The minimum absolute atomic E-state index is 0.0523. The van der Waals surface area contributed by atoms with Crippen molar-refractivity contribution in [1.29, 1.82) is 0 Å². The molecule has 0 radical (unpaired) electrons. The molecule has 1 heterocycles. The molecule has 2 aliphatic rings. The monoisotopic (exact) mass is 378 g/mol. The lowest BCUT2D eigenvalue weighted by Gasteiger charge is -2.35. The summed E-state index contributed by atoms with van der Waals surface area (Å²) >= 11 is 0. The second-order valence-corrected chi connectivity index (χ2v) is 9.92. The first-order chi connectivity index (χ1) is 12.2. The predicted molar refractivity (Wildman–Crippen MR) is 102 cm³/mol. The Morgan fingerprint density at radius 2 is 1.73 bits per heavy atom. The van der Waals surface area contributed by atoms with Gasteiger partial charge >= 0.3 is 0 Å². The molecule has 0 atom stereocenters. The van der Waals surface area contributed by atoms with Gasteiger partial charge in [-0.3, -0.25) is 4.79 Å². The van der Waals surface area contributed by atoms with E-state index in [4.69, 9.17) is 0 Å². The van der Waals surface area contributed by atoms with E-state index in [1.165, 1.54) is 0 Å². The Hall–Kier alpha value is -1.40.